The van der Waals surface area contributed by atoms with Crippen molar-refractivity contribution in [3.63, 3.8) is 0 Å². The number of carbonyl (C=O) groups excluding carboxylic acids is 2. The zero-order valence-electron chi connectivity index (χ0n) is 22.0. The van der Waals surface area contributed by atoms with E-state index in [0.29, 0.717) is 17.2 Å². The first kappa shape index (κ1) is 27.6. The lowest BCUT2D eigenvalue weighted by molar-refractivity contribution is -0.139. The largest absolute Gasteiger partial charge is 0.497 e. The molecular formula is C27H35N3O7S. The third-order valence-corrected chi connectivity index (χ3v) is 8.07. The summed E-state index contributed by atoms with van der Waals surface area (Å²) in [6.07, 6.45) is 6.14. The molecule has 0 saturated heterocycles. The van der Waals surface area contributed by atoms with Gasteiger partial charge in [-0.1, -0.05) is 31.4 Å². The molecule has 1 N–H and O–H groups in total. The van der Waals surface area contributed by atoms with Crippen LogP contribution in [0.25, 0.3) is 0 Å². The molecule has 1 unspecified atom stereocenters. The normalized spacial score (nSPS) is 16.0. The van der Waals surface area contributed by atoms with Gasteiger partial charge in [0.05, 0.1) is 19.1 Å². The van der Waals surface area contributed by atoms with Gasteiger partial charge in [0.2, 0.25) is 28.6 Å². The predicted molar refractivity (Wildman–Crippen MR) is 143 cm³/mol. The number of amides is 2. The average molecular weight is 546 g/mol. The van der Waals surface area contributed by atoms with Crippen LogP contribution in [0.1, 0.15) is 44.6 Å². The molecule has 1 aliphatic heterocycles. The fourth-order valence-corrected chi connectivity index (χ4v) is 5.61. The minimum absolute atomic E-state index is 0.0402. The van der Waals surface area contributed by atoms with Crippen molar-refractivity contribution in [3.8, 4) is 17.2 Å². The third-order valence-electron chi connectivity index (χ3n) is 6.93. The van der Waals surface area contributed by atoms with Gasteiger partial charge in [-0.25, -0.2) is 8.42 Å². The van der Waals surface area contributed by atoms with E-state index in [1.165, 1.54) is 11.0 Å². The van der Waals surface area contributed by atoms with Crippen molar-refractivity contribution in [3.05, 3.63) is 48.0 Å². The Bertz CT molecular complexity index is 1260. The number of carbonyl (C=O) groups is 2. The van der Waals surface area contributed by atoms with Crippen molar-refractivity contribution in [2.45, 2.75) is 57.7 Å². The highest BCUT2D eigenvalue weighted by molar-refractivity contribution is 7.92. The summed E-state index contributed by atoms with van der Waals surface area (Å²) >= 11 is 0. The number of rotatable bonds is 10. The number of hydrogen-bond acceptors (Lipinski definition) is 7. The molecule has 1 heterocycles. The van der Waals surface area contributed by atoms with Crippen molar-refractivity contribution < 1.29 is 32.2 Å². The van der Waals surface area contributed by atoms with Crippen LogP contribution in [0.3, 0.4) is 0 Å². The van der Waals surface area contributed by atoms with Crippen LogP contribution >= 0.6 is 0 Å². The fourth-order valence-electron chi connectivity index (χ4n) is 4.77. The second-order valence-corrected chi connectivity index (χ2v) is 11.6. The maximum Gasteiger partial charge on any atom is 0.244 e. The Kier molecular flexibility index (Phi) is 8.65. The van der Waals surface area contributed by atoms with Crippen molar-refractivity contribution >= 4 is 27.5 Å². The molecule has 2 amide bonds. The van der Waals surface area contributed by atoms with Gasteiger partial charge in [0, 0.05) is 18.7 Å². The van der Waals surface area contributed by atoms with E-state index in [-0.39, 0.29) is 31.0 Å². The van der Waals surface area contributed by atoms with Gasteiger partial charge in [-0.15, -0.1) is 0 Å². The van der Waals surface area contributed by atoms with Crippen LogP contribution in [-0.2, 0) is 26.2 Å². The topological polar surface area (TPSA) is 114 Å². The molecule has 1 aliphatic carbocycles. The summed E-state index contributed by atoms with van der Waals surface area (Å²) in [5.41, 5.74) is 1.02. The molecule has 1 atom stereocenters. The van der Waals surface area contributed by atoms with E-state index in [2.05, 4.69) is 5.32 Å². The molecule has 1 saturated carbocycles. The SMILES string of the molecule is COc1cccc(CN(C(=O)CN(c2ccc3c(c2)OCO3)S(C)(=O)=O)C(C)C(=O)NC2CCCCC2)c1. The number of methoxy groups -OCH3 is 1. The molecule has 10 nitrogen and oxygen atoms in total. The Balaban J connectivity index is 1.59. The molecule has 1 fully saturated rings. The highest BCUT2D eigenvalue weighted by Crippen LogP contribution is 2.36. The summed E-state index contributed by atoms with van der Waals surface area (Å²) in [5, 5.41) is 3.09. The molecule has 0 bridgehead atoms. The molecule has 4 rings (SSSR count). The van der Waals surface area contributed by atoms with Crippen molar-refractivity contribution in [2.75, 3.05) is 31.0 Å². The van der Waals surface area contributed by atoms with Gasteiger partial charge in [-0.2, -0.15) is 0 Å². The Morgan fingerprint density at radius 3 is 2.53 bits per heavy atom. The van der Waals surface area contributed by atoms with E-state index in [4.69, 9.17) is 14.2 Å². The molecule has 11 heteroatoms. The lowest BCUT2D eigenvalue weighted by Gasteiger charge is -2.33. The number of nitrogens with zero attached hydrogens (tertiary/aromatic N) is 2. The van der Waals surface area contributed by atoms with Crippen LogP contribution in [0, 0.1) is 0 Å². The van der Waals surface area contributed by atoms with Gasteiger partial charge < -0.3 is 24.4 Å². The summed E-state index contributed by atoms with van der Waals surface area (Å²) in [6.45, 7) is 1.33. The van der Waals surface area contributed by atoms with E-state index >= 15 is 0 Å². The summed E-state index contributed by atoms with van der Waals surface area (Å²) in [4.78, 5) is 28.4. The Morgan fingerprint density at radius 1 is 1.08 bits per heavy atom. The number of nitrogens with one attached hydrogen (secondary N) is 1. The van der Waals surface area contributed by atoms with E-state index in [1.54, 1.807) is 44.4 Å². The van der Waals surface area contributed by atoms with Gasteiger partial charge in [0.1, 0.15) is 18.3 Å². The van der Waals surface area contributed by atoms with Crippen molar-refractivity contribution in [1.29, 1.82) is 0 Å². The minimum atomic E-state index is -3.85. The van der Waals surface area contributed by atoms with Gasteiger partial charge in [0.25, 0.3) is 0 Å². The van der Waals surface area contributed by atoms with Crippen LogP contribution in [-0.4, -0.2) is 63.9 Å². The van der Waals surface area contributed by atoms with Gasteiger partial charge in [-0.3, -0.25) is 13.9 Å². The first-order valence-corrected chi connectivity index (χ1v) is 14.6. The standard InChI is InChI=1S/C27H35N3O7S/c1-19(27(32)28-21-9-5-4-6-10-21)29(16-20-8-7-11-23(14-20)35-2)26(31)17-30(38(3,33)34)22-12-13-24-25(15-22)37-18-36-24/h7-8,11-15,19,21H,4-6,9-10,16-18H2,1-3H3,(H,28,32). The smallest absolute Gasteiger partial charge is 0.244 e. The van der Waals surface area contributed by atoms with Gasteiger partial charge >= 0.3 is 0 Å². The number of benzene rings is 2. The molecule has 206 valence electrons. The van der Waals surface area contributed by atoms with Crippen LogP contribution in [0.5, 0.6) is 17.2 Å². The quantitative estimate of drug-likeness (QED) is 0.488. The number of hydrogen-bond donors (Lipinski definition) is 1. The monoisotopic (exact) mass is 545 g/mol. The first-order chi connectivity index (χ1) is 18.2. The molecule has 2 aromatic rings. The Labute approximate surface area is 223 Å². The average Bonchev–Trinajstić information content (AvgIpc) is 3.38. The maximum atomic E-state index is 13.8. The third kappa shape index (κ3) is 6.69. The van der Waals surface area contributed by atoms with E-state index in [1.807, 2.05) is 6.07 Å². The minimum Gasteiger partial charge on any atom is -0.497 e. The second-order valence-electron chi connectivity index (χ2n) is 9.70. The molecule has 2 aliphatic rings. The van der Waals surface area contributed by atoms with Gasteiger partial charge in [0.15, 0.2) is 11.5 Å². The molecular weight excluding hydrogens is 510 g/mol. The molecule has 0 spiro atoms. The number of sulfonamides is 1. The summed E-state index contributed by atoms with van der Waals surface area (Å²) < 4.78 is 42.6. The Hall–Kier alpha value is -3.47. The highest BCUT2D eigenvalue weighted by atomic mass is 32.2. The predicted octanol–water partition coefficient (Wildman–Crippen LogP) is 3.06. The van der Waals surface area contributed by atoms with Crippen LogP contribution in [0.4, 0.5) is 5.69 Å². The highest BCUT2D eigenvalue weighted by Gasteiger charge is 2.32. The zero-order chi connectivity index (χ0) is 27.3. The van der Waals surface area contributed by atoms with Crippen LogP contribution < -0.4 is 23.8 Å². The lowest BCUT2D eigenvalue weighted by Crippen LogP contribution is -2.52. The van der Waals surface area contributed by atoms with E-state index < -0.39 is 28.5 Å². The number of anilines is 1. The van der Waals surface area contributed by atoms with Crippen LogP contribution in [0.2, 0.25) is 0 Å². The zero-order valence-corrected chi connectivity index (χ0v) is 22.8. The molecule has 38 heavy (non-hydrogen) atoms. The summed E-state index contributed by atoms with van der Waals surface area (Å²) in [5.74, 6) is 0.745. The lowest BCUT2D eigenvalue weighted by atomic mass is 9.95. The summed E-state index contributed by atoms with van der Waals surface area (Å²) in [7, 11) is -2.29. The summed E-state index contributed by atoms with van der Waals surface area (Å²) in [6, 6.07) is 11.2. The van der Waals surface area contributed by atoms with Crippen molar-refractivity contribution in [1.82, 2.24) is 10.2 Å². The molecule has 0 radical (unpaired) electrons. The van der Waals surface area contributed by atoms with Gasteiger partial charge in [-0.05, 0) is 49.6 Å². The second kappa shape index (κ2) is 11.9. The van der Waals surface area contributed by atoms with E-state index in [0.717, 1.165) is 48.2 Å². The maximum absolute atomic E-state index is 13.8. The molecule has 2 aromatic carbocycles. The fraction of sp³-hybridized carbons (Fsp3) is 0.481. The van der Waals surface area contributed by atoms with E-state index in [9.17, 15) is 18.0 Å². The van der Waals surface area contributed by atoms with Crippen molar-refractivity contribution in [2.24, 2.45) is 0 Å². The number of fused-ring (bicyclic) bond motifs is 1. The Morgan fingerprint density at radius 2 is 1.82 bits per heavy atom. The van der Waals surface area contributed by atoms with Crippen LogP contribution in [0.15, 0.2) is 42.5 Å². The molecule has 0 aromatic heterocycles. The number of ether oxygens (including phenoxy) is 3. The first-order valence-electron chi connectivity index (χ1n) is 12.8.